The second-order valence-electron chi connectivity index (χ2n) is 22.1. The summed E-state index contributed by atoms with van der Waals surface area (Å²) in [6, 6.07) is -0.755. The van der Waals surface area contributed by atoms with Gasteiger partial charge in [0.15, 0.2) is 0 Å². The maximum absolute atomic E-state index is 12.9. The Morgan fingerprint density at radius 2 is 0.826 bits per heavy atom. The number of aliphatic hydroxyl groups excluding tert-OH is 1. The van der Waals surface area contributed by atoms with Crippen LogP contribution in [0.1, 0.15) is 303 Å². The largest absolute Gasteiger partial charge is 0.472 e. The summed E-state index contributed by atoms with van der Waals surface area (Å²) in [5.41, 5.74) is 0. The normalized spacial score (nSPS) is 14.0. The number of quaternary nitrogens is 1. The minimum atomic E-state index is -4.31. The smallest absolute Gasteiger partial charge is 0.391 e. The Hall–Kier alpha value is -1.02. The molecule has 3 atom stereocenters. The fraction of sp³-hybridized carbons (Fsp3) is 0.917. The molecule has 3 unspecified atom stereocenters. The molecule has 0 spiro atoms. The van der Waals surface area contributed by atoms with Crippen LogP contribution < -0.4 is 5.32 Å². The van der Waals surface area contributed by atoms with Gasteiger partial charge in [0.1, 0.15) is 13.2 Å². The number of nitrogens with zero attached hydrogens (tertiary/aromatic N) is 1. The van der Waals surface area contributed by atoms with Crippen molar-refractivity contribution in [3.05, 3.63) is 24.3 Å². The van der Waals surface area contributed by atoms with Crippen molar-refractivity contribution in [3.63, 3.8) is 0 Å². The number of amides is 1. The third-order valence-electron chi connectivity index (χ3n) is 14.0. The monoisotopic (exact) mass is 996 g/mol. The number of phosphoric acid groups is 1. The predicted molar refractivity (Wildman–Crippen MR) is 300 cm³/mol. The van der Waals surface area contributed by atoms with Gasteiger partial charge in [0.25, 0.3) is 0 Å². The van der Waals surface area contributed by atoms with Crippen LogP contribution in [0.2, 0.25) is 0 Å². The molecule has 0 saturated heterocycles. The van der Waals surface area contributed by atoms with E-state index in [1.165, 1.54) is 231 Å². The number of allylic oxidation sites excluding steroid dienone is 4. The van der Waals surface area contributed by atoms with Crippen LogP contribution in [0.15, 0.2) is 24.3 Å². The lowest BCUT2D eigenvalue weighted by atomic mass is 10.0. The molecule has 410 valence electrons. The minimum Gasteiger partial charge on any atom is -0.391 e. The van der Waals surface area contributed by atoms with Gasteiger partial charge in [-0.2, -0.15) is 0 Å². The molecule has 0 aromatic rings. The zero-order valence-electron chi connectivity index (χ0n) is 46.8. The summed E-state index contributed by atoms with van der Waals surface area (Å²) in [5, 5.41) is 14.0. The van der Waals surface area contributed by atoms with Crippen molar-refractivity contribution in [2.24, 2.45) is 0 Å². The molecular weight excluding hydrogens is 876 g/mol. The molecule has 0 rings (SSSR count). The van der Waals surface area contributed by atoms with E-state index in [1.54, 1.807) is 0 Å². The van der Waals surface area contributed by atoms with Gasteiger partial charge >= 0.3 is 7.82 Å². The zero-order valence-corrected chi connectivity index (χ0v) is 47.7. The molecule has 3 N–H and O–H groups in total. The van der Waals surface area contributed by atoms with Crippen molar-refractivity contribution < 1.29 is 32.9 Å². The fourth-order valence-electron chi connectivity index (χ4n) is 9.20. The lowest BCUT2D eigenvalue weighted by Gasteiger charge is -2.26. The van der Waals surface area contributed by atoms with Gasteiger partial charge in [0, 0.05) is 6.42 Å². The molecule has 0 fully saturated rings. The van der Waals surface area contributed by atoms with Gasteiger partial charge in [0.05, 0.1) is 39.9 Å². The summed E-state index contributed by atoms with van der Waals surface area (Å²) in [7, 11) is 1.63. The van der Waals surface area contributed by atoms with E-state index in [9.17, 15) is 19.4 Å². The van der Waals surface area contributed by atoms with Crippen LogP contribution in [0.3, 0.4) is 0 Å². The van der Waals surface area contributed by atoms with Crippen molar-refractivity contribution in [2.75, 3.05) is 40.9 Å². The quantitative estimate of drug-likeness (QED) is 0.0243. The van der Waals surface area contributed by atoms with Crippen molar-refractivity contribution in [3.8, 4) is 0 Å². The third kappa shape index (κ3) is 54.6. The van der Waals surface area contributed by atoms with Crippen LogP contribution in [0.25, 0.3) is 0 Å². The number of hydrogen-bond acceptors (Lipinski definition) is 5. The summed E-state index contributed by atoms with van der Waals surface area (Å²) < 4.78 is 23.7. The van der Waals surface area contributed by atoms with Crippen molar-refractivity contribution >= 4 is 13.7 Å². The van der Waals surface area contributed by atoms with E-state index in [-0.39, 0.29) is 19.1 Å². The number of likely N-dealkylation sites (N-methyl/N-ethyl adjacent to an activating group) is 1. The minimum absolute atomic E-state index is 0.0772. The van der Waals surface area contributed by atoms with Gasteiger partial charge in [-0.3, -0.25) is 13.8 Å². The van der Waals surface area contributed by atoms with Crippen LogP contribution in [0, 0.1) is 0 Å². The van der Waals surface area contributed by atoms with Crippen molar-refractivity contribution in [1.82, 2.24) is 5.32 Å². The molecular formula is C60H120N2O6P+. The number of carbonyl (C=O) groups is 1. The molecule has 0 saturated carbocycles. The number of unbranched alkanes of at least 4 members (excludes halogenated alkanes) is 39. The van der Waals surface area contributed by atoms with Crippen LogP contribution in [-0.4, -0.2) is 73.4 Å². The fourth-order valence-corrected chi connectivity index (χ4v) is 9.93. The SMILES string of the molecule is CCCCCCC/C=C\C/C=C\CCCCCCCCCCCCCCCCCCCCCCCCCCCC(=O)NC(COP(=O)(O)OCC[N+](C)(C)C)C(O)CCCCCCCCCCCC. The van der Waals surface area contributed by atoms with E-state index in [4.69, 9.17) is 9.05 Å². The first kappa shape index (κ1) is 68.0. The number of nitrogens with one attached hydrogen (secondary N) is 1. The van der Waals surface area contributed by atoms with Gasteiger partial charge in [-0.05, 0) is 44.9 Å². The lowest BCUT2D eigenvalue weighted by Crippen LogP contribution is -2.46. The highest BCUT2D eigenvalue weighted by Crippen LogP contribution is 2.43. The standard InChI is InChI=1S/C60H119N2O6P/c1-6-8-10-12-14-16-18-19-20-21-22-23-24-25-26-27-28-29-30-31-32-33-34-35-36-37-38-39-40-41-42-43-44-46-48-50-52-54-60(64)61-58(57-68-69(65,66)67-56-55-62(3,4)5)59(63)53-51-49-47-45-17-15-13-11-9-7-2/h18-19,21-22,58-59,63H,6-17,20,23-57H2,1-5H3,(H-,61,64,65,66)/p+1/b19-18-,22-21-. The van der Waals surface area contributed by atoms with E-state index in [0.717, 1.165) is 44.9 Å². The predicted octanol–water partition coefficient (Wildman–Crippen LogP) is 18.4. The van der Waals surface area contributed by atoms with Gasteiger partial charge in [0.2, 0.25) is 5.91 Å². The van der Waals surface area contributed by atoms with Crippen molar-refractivity contribution in [2.45, 2.75) is 315 Å². The van der Waals surface area contributed by atoms with Crippen LogP contribution in [0.5, 0.6) is 0 Å². The molecule has 0 aliphatic rings. The van der Waals surface area contributed by atoms with Gasteiger partial charge in [-0.25, -0.2) is 4.57 Å². The first-order valence-corrected chi connectivity index (χ1v) is 31.7. The summed E-state index contributed by atoms with van der Waals surface area (Å²) in [6.45, 7) is 4.89. The Kier molecular flexibility index (Phi) is 51.1. The number of rotatable bonds is 56. The average Bonchev–Trinajstić information content (AvgIpc) is 3.31. The Balaban J connectivity index is 3.81. The van der Waals surface area contributed by atoms with Crippen molar-refractivity contribution in [1.29, 1.82) is 0 Å². The highest BCUT2D eigenvalue weighted by atomic mass is 31.2. The Morgan fingerprint density at radius 1 is 0.493 bits per heavy atom. The summed E-state index contributed by atoms with van der Waals surface area (Å²) >= 11 is 0. The molecule has 0 aromatic heterocycles. The molecule has 0 aliphatic heterocycles. The molecule has 0 aliphatic carbocycles. The maximum Gasteiger partial charge on any atom is 0.472 e. The Labute approximate surface area is 430 Å². The highest BCUT2D eigenvalue weighted by molar-refractivity contribution is 7.47. The average molecular weight is 997 g/mol. The number of hydrogen-bond donors (Lipinski definition) is 3. The van der Waals surface area contributed by atoms with Crippen LogP contribution >= 0.6 is 7.82 Å². The molecule has 0 bridgehead atoms. The molecule has 8 nitrogen and oxygen atoms in total. The lowest BCUT2D eigenvalue weighted by molar-refractivity contribution is -0.870. The molecule has 1 amide bonds. The second kappa shape index (κ2) is 51.9. The molecule has 9 heteroatoms. The van der Waals surface area contributed by atoms with E-state index < -0.39 is 20.0 Å². The summed E-state index contributed by atoms with van der Waals surface area (Å²) in [5.74, 6) is -0.140. The summed E-state index contributed by atoms with van der Waals surface area (Å²) in [4.78, 5) is 23.2. The first-order chi connectivity index (χ1) is 33.5. The Morgan fingerprint density at radius 3 is 1.19 bits per heavy atom. The van der Waals surface area contributed by atoms with E-state index in [2.05, 4.69) is 43.5 Å². The van der Waals surface area contributed by atoms with E-state index in [0.29, 0.717) is 23.9 Å². The topological polar surface area (TPSA) is 105 Å². The van der Waals surface area contributed by atoms with Gasteiger partial charge in [-0.15, -0.1) is 0 Å². The zero-order chi connectivity index (χ0) is 50.6. The maximum atomic E-state index is 12.9. The molecule has 0 aromatic carbocycles. The summed E-state index contributed by atoms with van der Waals surface area (Å²) in [6.07, 6.45) is 65.6. The first-order valence-electron chi connectivity index (χ1n) is 30.2. The van der Waals surface area contributed by atoms with Crippen LogP contribution in [0.4, 0.5) is 0 Å². The highest BCUT2D eigenvalue weighted by Gasteiger charge is 2.28. The number of carbonyl (C=O) groups excluding carboxylic acids is 1. The molecule has 0 radical (unpaired) electrons. The van der Waals surface area contributed by atoms with Gasteiger partial charge < -0.3 is 19.8 Å². The second-order valence-corrected chi connectivity index (χ2v) is 23.5. The molecule has 0 heterocycles. The van der Waals surface area contributed by atoms with E-state index in [1.807, 2.05) is 21.1 Å². The van der Waals surface area contributed by atoms with Gasteiger partial charge in [-0.1, -0.05) is 276 Å². The molecule has 69 heavy (non-hydrogen) atoms. The number of aliphatic hydroxyl groups is 1. The van der Waals surface area contributed by atoms with Crippen LogP contribution in [-0.2, 0) is 18.4 Å². The third-order valence-corrected chi connectivity index (χ3v) is 14.9. The van der Waals surface area contributed by atoms with E-state index >= 15 is 0 Å². The Bertz CT molecular complexity index is 1170. The number of phosphoric ester groups is 1.